The second kappa shape index (κ2) is 3.39. The zero-order valence-electron chi connectivity index (χ0n) is 5.44. The van der Waals surface area contributed by atoms with Crippen LogP contribution in [0.25, 0.3) is 0 Å². The van der Waals surface area contributed by atoms with Crippen molar-refractivity contribution in [3.8, 4) is 0 Å². The van der Waals surface area contributed by atoms with Crippen LogP contribution in [-0.2, 0) is 21.7 Å². The zero-order chi connectivity index (χ0) is 3.54. The van der Waals surface area contributed by atoms with Crippen molar-refractivity contribution in [2.75, 3.05) is 0 Å². The molecule has 1 heteroatoms. The fraction of sp³-hybridized carbons (Fsp3) is 0.200. The van der Waals surface area contributed by atoms with Crippen LogP contribution in [0.15, 0.2) is 18.2 Å². The fourth-order valence-corrected chi connectivity index (χ4v) is 0.340. The van der Waals surface area contributed by atoms with Gasteiger partial charge in [0.25, 0.3) is 0 Å². The monoisotopic (exact) mass is 115 g/mol. The first-order chi connectivity index (χ1) is 2.50. The van der Waals surface area contributed by atoms with Crippen LogP contribution in [0.5, 0.6) is 0 Å². The largest absolute Gasteiger partial charge is 3.00 e. The Kier molecular flexibility index (Phi) is 3.50. The average molecular weight is 115 g/mol. The summed E-state index contributed by atoms with van der Waals surface area (Å²) in [6.07, 6.45) is 10.0. The molecule has 0 aromatic heterocycles. The van der Waals surface area contributed by atoms with Crippen LogP contribution in [0.3, 0.4) is 0 Å². The van der Waals surface area contributed by atoms with E-state index < -0.39 is 0 Å². The van der Waals surface area contributed by atoms with Gasteiger partial charge in [0.15, 0.2) is 0 Å². The van der Waals surface area contributed by atoms with E-state index in [9.17, 15) is 0 Å². The minimum Gasteiger partial charge on any atom is -1.00 e. The number of hydrogen-bond acceptors (Lipinski definition) is 0. The summed E-state index contributed by atoms with van der Waals surface area (Å²) in [7, 11) is 0. The summed E-state index contributed by atoms with van der Waals surface area (Å²) in [6, 6.07) is 0. The van der Waals surface area contributed by atoms with Gasteiger partial charge in [0.1, 0.15) is 0 Å². The minimum absolute atomic E-state index is 0. The van der Waals surface area contributed by atoms with Crippen molar-refractivity contribution in [3.63, 3.8) is 0 Å². The van der Waals surface area contributed by atoms with Crippen LogP contribution in [0, 0.1) is 6.08 Å². The van der Waals surface area contributed by atoms with Crippen molar-refractivity contribution in [2.45, 2.75) is 6.42 Å². The van der Waals surface area contributed by atoms with E-state index in [-0.39, 0.29) is 24.6 Å². The molecule has 0 saturated heterocycles. The van der Waals surface area contributed by atoms with Gasteiger partial charge in [0, 0.05) is 0 Å². The first-order valence-corrected chi connectivity index (χ1v) is 1.72. The molecular weight excluding hydrogens is 108 g/mol. The predicted molar refractivity (Wildman–Crippen MR) is 23.8 cm³/mol. The van der Waals surface area contributed by atoms with Gasteiger partial charge in [-0.05, 0) is 0 Å². The number of rotatable bonds is 0. The summed E-state index contributed by atoms with van der Waals surface area (Å²) >= 11 is 0. The van der Waals surface area contributed by atoms with Gasteiger partial charge in [-0.3, -0.25) is 6.08 Å². The smallest absolute Gasteiger partial charge is 1.00 e. The topological polar surface area (TPSA) is 0 Å². The van der Waals surface area contributed by atoms with Crippen molar-refractivity contribution in [3.05, 3.63) is 24.3 Å². The van der Waals surface area contributed by atoms with Crippen LogP contribution in [0.2, 0.25) is 0 Å². The van der Waals surface area contributed by atoms with Gasteiger partial charge in [0.2, 0.25) is 0 Å². The van der Waals surface area contributed by atoms with E-state index in [0.29, 0.717) is 0 Å². The maximum atomic E-state index is 2.99. The van der Waals surface area contributed by atoms with E-state index >= 15 is 0 Å². The molecule has 0 aromatic rings. The number of allylic oxidation sites excluding steroid dienone is 4. The van der Waals surface area contributed by atoms with Crippen molar-refractivity contribution in [1.82, 2.24) is 0 Å². The second-order valence-electron chi connectivity index (χ2n) is 1.00. The minimum atomic E-state index is 0. The summed E-state index contributed by atoms with van der Waals surface area (Å²) < 4.78 is 0. The molecule has 1 radical (unpaired) electrons. The standard InChI is InChI=1S/C5H5.Ti.2H/c1-2-4-5-3-1;;;/h1-3H,4H2;;;/q-1;+3;2*-1. The third kappa shape index (κ3) is 1.59. The van der Waals surface area contributed by atoms with Gasteiger partial charge in [-0.1, -0.05) is 0 Å². The quantitative estimate of drug-likeness (QED) is 0.331. The van der Waals surface area contributed by atoms with E-state index in [0.717, 1.165) is 6.42 Å². The molecule has 0 nitrogen and oxygen atoms in total. The van der Waals surface area contributed by atoms with Crippen molar-refractivity contribution in [1.29, 1.82) is 0 Å². The van der Waals surface area contributed by atoms with Crippen molar-refractivity contribution in [2.24, 2.45) is 0 Å². The maximum Gasteiger partial charge on any atom is 3.00 e. The first kappa shape index (κ1) is 6.19. The van der Waals surface area contributed by atoms with Gasteiger partial charge in [0.05, 0.1) is 0 Å². The summed E-state index contributed by atoms with van der Waals surface area (Å²) in [4.78, 5) is 0. The molecule has 0 spiro atoms. The Bertz CT molecular complexity index is 68.5. The molecule has 0 amide bonds. The Morgan fingerprint density at radius 3 is 2.67 bits per heavy atom. The molecule has 0 heterocycles. The Morgan fingerprint density at radius 2 is 2.50 bits per heavy atom. The Hall–Kier alpha value is 0.194. The van der Waals surface area contributed by atoms with Gasteiger partial charge in [-0.25, -0.2) is 12.2 Å². The summed E-state index contributed by atoms with van der Waals surface area (Å²) in [5, 5.41) is 0. The SMILES string of the molecule is [C-]1=CC=CC1.[H-].[H-].[Ti+3]. The molecule has 0 fully saturated rings. The molecule has 0 saturated carbocycles. The second-order valence-corrected chi connectivity index (χ2v) is 1.00. The van der Waals surface area contributed by atoms with Crippen LogP contribution in [-0.4, -0.2) is 0 Å². The normalized spacial score (nSPS) is 14.7. The molecule has 0 N–H and O–H groups in total. The van der Waals surface area contributed by atoms with Crippen LogP contribution in [0.1, 0.15) is 9.27 Å². The molecule has 1 aliphatic carbocycles. The van der Waals surface area contributed by atoms with E-state index in [1.807, 2.05) is 12.2 Å². The maximum absolute atomic E-state index is 2.99. The summed E-state index contributed by atoms with van der Waals surface area (Å²) in [5.41, 5.74) is 0. The molecular formula is C5H7Ti. The molecule has 0 bridgehead atoms. The fourth-order valence-electron chi connectivity index (χ4n) is 0.340. The van der Waals surface area contributed by atoms with Crippen LogP contribution >= 0.6 is 0 Å². The van der Waals surface area contributed by atoms with Crippen molar-refractivity contribution < 1.29 is 24.6 Å². The van der Waals surface area contributed by atoms with E-state index in [1.54, 1.807) is 0 Å². The summed E-state index contributed by atoms with van der Waals surface area (Å²) in [6.45, 7) is 0. The van der Waals surface area contributed by atoms with E-state index in [1.165, 1.54) is 0 Å². The number of hydrogen-bond donors (Lipinski definition) is 0. The molecule has 1 rings (SSSR count). The average Bonchev–Trinajstić information content (AvgIpc) is 1.76. The van der Waals surface area contributed by atoms with Gasteiger partial charge < -0.3 is 2.85 Å². The van der Waals surface area contributed by atoms with Crippen LogP contribution in [0.4, 0.5) is 0 Å². The van der Waals surface area contributed by atoms with Gasteiger partial charge in [-0.2, -0.15) is 6.08 Å². The first-order valence-electron chi connectivity index (χ1n) is 1.72. The van der Waals surface area contributed by atoms with E-state index in [4.69, 9.17) is 0 Å². The molecule has 0 atom stereocenters. The Labute approximate surface area is 55.8 Å². The summed E-state index contributed by atoms with van der Waals surface area (Å²) in [5.74, 6) is 0. The third-order valence-electron chi connectivity index (χ3n) is 0.586. The van der Waals surface area contributed by atoms with Gasteiger partial charge in [-0.15, -0.1) is 6.42 Å². The molecule has 0 aliphatic heterocycles. The molecule has 0 aromatic carbocycles. The molecule has 31 valence electrons. The third-order valence-corrected chi connectivity index (χ3v) is 0.586. The molecule has 6 heavy (non-hydrogen) atoms. The van der Waals surface area contributed by atoms with Crippen LogP contribution < -0.4 is 0 Å². The van der Waals surface area contributed by atoms with E-state index in [2.05, 4.69) is 12.2 Å². The predicted octanol–water partition coefficient (Wildman–Crippen LogP) is 1.53. The zero-order valence-corrected chi connectivity index (χ0v) is 5.00. The van der Waals surface area contributed by atoms with Gasteiger partial charge >= 0.3 is 21.7 Å². The Balaban J connectivity index is -0.0000000833. The molecule has 1 aliphatic rings. The Morgan fingerprint density at radius 1 is 1.67 bits per heavy atom. The molecule has 0 unspecified atom stereocenters. The van der Waals surface area contributed by atoms with Crippen molar-refractivity contribution >= 4 is 0 Å².